The summed E-state index contributed by atoms with van der Waals surface area (Å²) in [4.78, 5) is 6.17. The fourth-order valence-corrected chi connectivity index (χ4v) is 4.55. The van der Waals surface area contributed by atoms with Crippen molar-refractivity contribution >= 4 is 27.3 Å². The van der Waals surface area contributed by atoms with Crippen LogP contribution in [0.1, 0.15) is 5.56 Å². The van der Waals surface area contributed by atoms with Gasteiger partial charge in [-0.05, 0) is 5.56 Å². The second-order valence-corrected chi connectivity index (χ2v) is 8.37. The Hall–Kier alpha value is -1.67. The first-order chi connectivity index (χ1) is 12.0. The third-order valence-electron chi connectivity index (χ3n) is 4.21. The normalized spacial score (nSPS) is 15.6. The van der Waals surface area contributed by atoms with E-state index >= 15 is 0 Å². The lowest BCUT2D eigenvalue weighted by atomic mass is 10.2. The number of nitrogens with zero attached hydrogens (tertiary/aromatic N) is 3. The summed E-state index contributed by atoms with van der Waals surface area (Å²) in [6, 6.07) is 9.49. The third kappa shape index (κ3) is 3.95. The molecule has 1 fully saturated rings. The zero-order valence-corrected chi connectivity index (χ0v) is 15.6. The van der Waals surface area contributed by atoms with Gasteiger partial charge in [-0.3, -0.25) is 4.98 Å². The van der Waals surface area contributed by atoms with Crippen LogP contribution in [0, 0.1) is 0 Å². The quantitative estimate of drug-likeness (QED) is 0.859. The van der Waals surface area contributed by atoms with Crippen LogP contribution in [-0.4, -0.2) is 50.9 Å². The van der Waals surface area contributed by atoms with Crippen molar-refractivity contribution in [3.05, 3.63) is 53.3 Å². The summed E-state index contributed by atoms with van der Waals surface area (Å²) in [5, 5.41) is 3.61. The number of rotatable bonds is 5. The molecule has 0 bridgehead atoms. The molecule has 0 spiro atoms. The summed E-state index contributed by atoms with van der Waals surface area (Å²) in [5.41, 5.74) is 1.46. The van der Waals surface area contributed by atoms with Gasteiger partial charge >= 0.3 is 0 Å². The predicted octanol–water partition coefficient (Wildman–Crippen LogP) is 1.97. The summed E-state index contributed by atoms with van der Waals surface area (Å²) in [6.07, 6.45) is 2.88. The fraction of sp³-hybridized carbons (Fsp3) is 0.353. The highest BCUT2D eigenvalue weighted by Crippen LogP contribution is 2.34. The standard InChI is InChI=1S/C17H21ClN4O2S/c1-21(13-14-5-3-2-4-6-14)25(23,24)16-12-20-11-15(18)17(16)22-9-7-19-8-10-22/h2-6,11-12,19H,7-10,13H2,1H3. The van der Waals surface area contributed by atoms with Crippen LogP contribution in [-0.2, 0) is 16.6 Å². The van der Waals surface area contributed by atoms with Crippen LogP contribution in [0.15, 0.2) is 47.6 Å². The van der Waals surface area contributed by atoms with E-state index in [0.29, 0.717) is 23.8 Å². The van der Waals surface area contributed by atoms with Gasteiger partial charge in [-0.2, -0.15) is 4.31 Å². The average molecular weight is 381 g/mol. The molecule has 6 nitrogen and oxygen atoms in total. The molecular formula is C17H21ClN4O2S. The van der Waals surface area contributed by atoms with Crippen LogP contribution in [0.3, 0.4) is 0 Å². The smallest absolute Gasteiger partial charge is 0.246 e. The maximum Gasteiger partial charge on any atom is 0.246 e. The summed E-state index contributed by atoms with van der Waals surface area (Å²) < 4.78 is 27.6. The van der Waals surface area contributed by atoms with Crippen molar-refractivity contribution in [3.63, 3.8) is 0 Å². The van der Waals surface area contributed by atoms with Crippen molar-refractivity contribution < 1.29 is 8.42 Å². The largest absolute Gasteiger partial charge is 0.367 e. The molecule has 3 rings (SSSR count). The molecule has 0 aliphatic carbocycles. The molecule has 0 unspecified atom stereocenters. The minimum Gasteiger partial charge on any atom is -0.367 e. The first kappa shape index (κ1) is 18.1. The van der Waals surface area contributed by atoms with Crippen molar-refractivity contribution in [3.8, 4) is 0 Å². The molecule has 2 heterocycles. The van der Waals surface area contributed by atoms with Crippen LogP contribution in [0.5, 0.6) is 0 Å². The van der Waals surface area contributed by atoms with E-state index in [4.69, 9.17) is 11.6 Å². The van der Waals surface area contributed by atoms with E-state index < -0.39 is 10.0 Å². The van der Waals surface area contributed by atoms with E-state index in [1.54, 1.807) is 7.05 Å². The number of hydrogen-bond acceptors (Lipinski definition) is 5. The fourth-order valence-electron chi connectivity index (χ4n) is 2.89. The van der Waals surface area contributed by atoms with Gasteiger partial charge in [0.05, 0.1) is 10.7 Å². The second kappa shape index (κ2) is 7.70. The third-order valence-corrected chi connectivity index (χ3v) is 6.29. The van der Waals surface area contributed by atoms with Gasteiger partial charge in [0, 0.05) is 52.2 Å². The molecule has 0 radical (unpaired) electrons. The highest BCUT2D eigenvalue weighted by Gasteiger charge is 2.29. The highest BCUT2D eigenvalue weighted by atomic mass is 35.5. The molecule has 25 heavy (non-hydrogen) atoms. The number of hydrogen-bond donors (Lipinski definition) is 1. The molecule has 0 amide bonds. The van der Waals surface area contributed by atoms with Gasteiger partial charge in [0.1, 0.15) is 4.90 Å². The van der Waals surface area contributed by atoms with E-state index in [1.165, 1.54) is 16.7 Å². The topological polar surface area (TPSA) is 65.5 Å². The Morgan fingerprint density at radius 3 is 2.56 bits per heavy atom. The lowest BCUT2D eigenvalue weighted by Crippen LogP contribution is -2.44. The lowest BCUT2D eigenvalue weighted by molar-refractivity contribution is 0.466. The number of halogens is 1. The molecule has 2 aromatic rings. The Labute approximate surface area is 153 Å². The van der Waals surface area contributed by atoms with Crippen molar-refractivity contribution in [1.29, 1.82) is 0 Å². The van der Waals surface area contributed by atoms with Crippen LogP contribution in [0.2, 0.25) is 5.02 Å². The molecule has 1 saturated heterocycles. The van der Waals surface area contributed by atoms with Crippen LogP contribution < -0.4 is 10.2 Å². The molecule has 0 atom stereocenters. The van der Waals surface area contributed by atoms with E-state index in [1.807, 2.05) is 35.2 Å². The van der Waals surface area contributed by atoms with Gasteiger partial charge in [0.25, 0.3) is 0 Å². The van der Waals surface area contributed by atoms with Gasteiger partial charge in [0.15, 0.2) is 0 Å². The average Bonchev–Trinajstić information content (AvgIpc) is 2.63. The van der Waals surface area contributed by atoms with Crippen molar-refractivity contribution in [2.24, 2.45) is 0 Å². The minimum absolute atomic E-state index is 0.153. The Morgan fingerprint density at radius 1 is 1.20 bits per heavy atom. The number of sulfonamides is 1. The van der Waals surface area contributed by atoms with E-state index in [2.05, 4.69) is 10.3 Å². The molecule has 8 heteroatoms. The SMILES string of the molecule is CN(Cc1ccccc1)S(=O)(=O)c1cncc(Cl)c1N1CCNCC1. The van der Waals surface area contributed by atoms with Gasteiger partial charge in [0.2, 0.25) is 10.0 Å². The molecular weight excluding hydrogens is 360 g/mol. The first-order valence-electron chi connectivity index (χ1n) is 8.09. The van der Waals surface area contributed by atoms with E-state index in [0.717, 1.165) is 18.7 Å². The van der Waals surface area contributed by atoms with Crippen molar-refractivity contribution in [1.82, 2.24) is 14.6 Å². The van der Waals surface area contributed by atoms with Crippen LogP contribution >= 0.6 is 11.6 Å². The van der Waals surface area contributed by atoms with Crippen molar-refractivity contribution in [2.45, 2.75) is 11.4 Å². The lowest BCUT2D eigenvalue weighted by Gasteiger charge is -2.32. The second-order valence-electron chi connectivity index (χ2n) is 5.95. The molecule has 0 saturated carbocycles. The van der Waals surface area contributed by atoms with Gasteiger partial charge < -0.3 is 10.2 Å². The number of piperazine rings is 1. The van der Waals surface area contributed by atoms with E-state index in [-0.39, 0.29) is 11.4 Å². The van der Waals surface area contributed by atoms with E-state index in [9.17, 15) is 8.42 Å². The molecule has 1 aliphatic rings. The maximum atomic E-state index is 13.1. The number of aromatic nitrogens is 1. The monoisotopic (exact) mass is 380 g/mol. The minimum atomic E-state index is -3.72. The Balaban J connectivity index is 1.95. The zero-order valence-electron chi connectivity index (χ0n) is 14.0. The molecule has 1 N–H and O–H groups in total. The van der Waals surface area contributed by atoms with Crippen LogP contribution in [0.25, 0.3) is 0 Å². The number of nitrogens with one attached hydrogen (secondary N) is 1. The molecule has 1 aromatic carbocycles. The Morgan fingerprint density at radius 2 is 1.88 bits per heavy atom. The number of pyridine rings is 1. The van der Waals surface area contributed by atoms with Crippen LogP contribution in [0.4, 0.5) is 5.69 Å². The van der Waals surface area contributed by atoms with Gasteiger partial charge in [-0.25, -0.2) is 8.42 Å². The molecule has 134 valence electrons. The molecule has 1 aliphatic heterocycles. The zero-order chi connectivity index (χ0) is 17.9. The predicted molar refractivity (Wildman–Crippen MR) is 99.4 cm³/mol. The first-order valence-corrected chi connectivity index (χ1v) is 9.91. The highest BCUT2D eigenvalue weighted by molar-refractivity contribution is 7.89. The summed E-state index contributed by atoms with van der Waals surface area (Å²) in [7, 11) is -2.14. The summed E-state index contributed by atoms with van der Waals surface area (Å²) in [6.45, 7) is 3.27. The summed E-state index contributed by atoms with van der Waals surface area (Å²) in [5.74, 6) is 0. The summed E-state index contributed by atoms with van der Waals surface area (Å²) >= 11 is 6.33. The Kier molecular flexibility index (Phi) is 5.58. The number of benzene rings is 1. The number of anilines is 1. The van der Waals surface area contributed by atoms with Gasteiger partial charge in [-0.15, -0.1) is 0 Å². The maximum absolute atomic E-state index is 13.1. The van der Waals surface area contributed by atoms with Gasteiger partial charge in [-0.1, -0.05) is 41.9 Å². The van der Waals surface area contributed by atoms with Crippen molar-refractivity contribution in [2.75, 3.05) is 38.1 Å². The Bertz CT molecular complexity index is 824. The molecule has 1 aromatic heterocycles.